The number of allylic oxidation sites excluding steroid dienone is 3. The van der Waals surface area contributed by atoms with E-state index >= 15 is 0 Å². The molecule has 9 heteroatoms. The molecule has 2 N–H and O–H groups in total. The smallest absolute Gasteiger partial charge is 0.269 e. The molecule has 0 aromatic heterocycles. The standard InChI is InChI=1S/C23H18N4O5/c24-11-16-21(13-4-9-19-20(10-13)32-12-31-19)22-17(2-1-3-18(22)28)26(23(16)25)14-5-7-15(8-6-14)27(29)30/h4-10,21H,1-3,12,25H2/t21-/m1/s1. The fourth-order valence-electron chi connectivity index (χ4n) is 4.53. The van der Waals surface area contributed by atoms with Crippen molar-refractivity contribution in [3.63, 3.8) is 0 Å². The van der Waals surface area contributed by atoms with Crippen molar-refractivity contribution >= 4 is 17.2 Å². The minimum atomic E-state index is -0.619. The van der Waals surface area contributed by atoms with Crippen molar-refractivity contribution in [2.75, 3.05) is 11.7 Å². The minimum absolute atomic E-state index is 0.0407. The van der Waals surface area contributed by atoms with Crippen LogP contribution in [0.25, 0.3) is 0 Å². The van der Waals surface area contributed by atoms with Crippen molar-refractivity contribution in [1.29, 1.82) is 5.26 Å². The van der Waals surface area contributed by atoms with E-state index in [-0.39, 0.29) is 29.7 Å². The number of carbonyl (C=O) groups is 1. The molecule has 0 fully saturated rings. The van der Waals surface area contributed by atoms with Crippen molar-refractivity contribution in [1.82, 2.24) is 0 Å². The molecule has 0 saturated heterocycles. The lowest BCUT2D eigenvalue weighted by Crippen LogP contribution is -2.38. The molecule has 1 aliphatic carbocycles. The second kappa shape index (κ2) is 7.42. The van der Waals surface area contributed by atoms with Gasteiger partial charge in [-0.1, -0.05) is 6.07 Å². The van der Waals surface area contributed by atoms with E-state index in [4.69, 9.17) is 15.2 Å². The summed E-state index contributed by atoms with van der Waals surface area (Å²) >= 11 is 0. The lowest BCUT2D eigenvalue weighted by molar-refractivity contribution is -0.384. The molecule has 32 heavy (non-hydrogen) atoms. The monoisotopic (exact) mass is 430 g/mol. The fourth-order valence-corrected chi connectivity index (χ4v) is 4.53. The Balaban J connectivity index is 1.68. The normalized spacial score (nSPS) is 19.7. The van der Waals surface area contributed by atoms with E-state index in [2.05, 4.69) is 6.07 Å². The van der Waals surface area contributed by atoms with Gasteiger partial charge in [0.15, 0.2) is 17.3 Å². The largest absolute Gasteiger partial charge is 0.454 e. The van der Waals surface area contributed by atoms with Gasteiger partial charge in [0, 0.05) is 35.5 Å². The Morgan fingerprint density at radius 1 is 1.12 bits per heavy atom. The number of hydrogen-bond acceptors (Lipinski definition) is 8. The Labute approximate surface area is 183 Å². The number of anilines is 1. The number of fused-ring (bicyclic) bond motifs is 1. The van der Waals surface area contributed by atoms with Gasteiger partial charge >= 0.3 is 0 Å². The highest BCUT2D eigenvalue weighted by Gasteiger charge is 2.40. The molecule has 9 nitrogen and oxygen atoms in total. The Kier molecular flexibility index (Phi) is 4.56. The number of non-ortho nitro benzene ring substituents is 1. The zero-order valence-electron chi connectivity index (χ0n) is 16.9. The zero-order chi connectivity index (χ0) is 22.4. The van der Waals surface area contributed by atoms with Crippen LogP contribution in [-0.2, 0) is 4.79 Å². The molecule has 0 saturated carbocycles. The van der Waals surface area contributed by atoms with Crippen LogP contribution in [0.5, 0.6) is 11.5 Å². The number of nitro groups is 1. The third-order valence-corrected chi connectivity index (χ3v) is 5.96. The summed E-state index contributed by atoms with van der Waals surface area (Å²) in [7, 11) is 0. The van der Waals surface area contributed by atoms with Gasteiger partial charge in [-0.2, -0.15) is 5.26 Å². The molecule has 1 atom stereocenters. The molecular formula is C23H18N4O5. The lowest BCUT2D eigenvalue weighted by Gasteiger charge is -2.39. The predicted octanol–water partition coefficient (Wildman–Crippen LogP) is 3.63. The first-order valence-electron chi connectivity index (χ1n) is 10.1. The van der Waals surface area contributed by atoms with E-state index < -0.39 is 10.8 Å². The van der Waals surface area contributed by atoms with Gasteiger partial charge in [-0.05, 0) is 42.7 Å². The minimum Gasteiger partial charge on any atom is -0.454 e. The SMILES string of the molecule is N#CC1=C(N)N(c2ccc([N+](=O)[O-])cc2)C2=C(C(=O)CCC2)[C@@H]1c1ccc2c(c1)OCO2. The summed E-state index contributed by atoms with van der Waals surface area (Å²) in [5.41, 5.74) is 9.22. The number of rotatable bonds is 3. The maximum atomic E-state index is 13.1. The van der Waals surface area contributed by atoms with Gasteiger partial charge in [0.1, 0.15) is 5.82 Å². The fraction of sp³-hybridized carbons (Fsp3) is 0.217. The van der Waals surface area contributed by atoms with Crippen molar-refractivity contribution in [3.05, 3.63) is 80.8 Å². The number of nitrogens with two attached hydrogens (primary N) is 1. The summed E-state index contributed by atoms with van der Waals surface area (Å²) in [5, 5.41) is 21.1. The first kappa shape index (κ1) is 19.6. The van der Waals surface area contributed by atoms with Crippen LogP contribution in [-0.4, -0.2) is 17.5 Å². The van der Waals surface area contributed by atoms with Crippen molar-refractivity contribution in [2.45, 2.75) is 25.2 Å². The summed E-state index contributed by atoms with van der Waals surface area (Å²) in [6.45, 7) is 0.118. The highest BCUT2D eigenvalue weighted by Crippen LogP contribution is 2.47. The number of ether oxygens (including phenoxy) is 2. The van der Waals surface area contributed by atoms with Crippen LogP contribution >= 0.6 is 0 Å². The molecule has 2 aromatic carbocycles. The second-order valence-electron chi connectivity index (χ2n) is 7.70. The number of nitrogens with zero attached hydrogens (tertiary/aromatic N) is 3. The second-order valence-corrected chi connectivity index (χ2v) is 7.70. The molecule has 0 amide bonds. The first-order chi connectivity index (χ1) is 15.5. The van der Waals surface area contributed by atoms with E-state index in [9.17, 15) is 20.2 Å². The third-order valence-electron chi connectivity index (χ3n) is 5.96. The summed E-state index contributed by atoms with van der Waals surface area (Å²) in [6, 6.07) is 13.5. The van der Waals surface area contributed by atoms with E-state index in [1.54, 1.807) is 29.2 Å². The number of nitriles is 1. The summed E-state index contributed by atoms with van der Waals surface area (Å²) in [6.07, 6.45) is 1.63. The number of hydrogen-bond donors (Lipinski definition) is 1. The van der Waals surface area contributed by atoms with Crippen LogP contribution in [0.1, 0.15) is 30.7 Å². The van der Waals surface area contributed by atoms with Gasteiger partial charge in [-0.15, -0.1) is 0 Å². The van der Waals surface area contributed by atoms with Crippen LogP contribution in [0.4, 0.5) is 11.4 Å². The van der Waals surface area contributed by atoms with Gasteiger partial charge in [-0.25, -0.2) is 0 Å². The van der Waals surface area contributed by atoms with Crippen LogP contribution in [0.15, 0.2) is 65.1 Å². The maximum absolute atomic E-state index is 13.1. The molecular weight excluding hydrogens is 412 g/mol. The van der Waals surface area contributed by atoms with E-state index in [1.165, 1.54) is 12.1 Å². The van der Waals surface area contributed by atoms with Gasteiger partial charge in [0.05, 0.1) is 22.5 Å². The average molecular weight is 430 g/mol. The Morgan fingerprint density at radius 3 is 2.59 bits per heavy atom. The maximum Gasteiger partial charge on any atom is 0.269 e. The van der Waals surface area contributed by atoms with Gasteiger partial charge in [-0.3, -0.25) is 19.8 Å². The number of Topliss-reactive ketones (excluding diaryl/α,β-unsaturated/α-hetero) is 1. The number of nitro benzene ring substituents is 1. The molecule has 3 aliphatic rings. The van der Waals surface area contributed by atoms with Gasteiger partial charge in [0.25, 0.3) is 5.69 Å². The van der Waals surface area contributed by atoms with Crippen LogP contribution in [0.3, 0.4) is 0 Å². The van der Waals surface area contributed by atoms with E-state index in [1.807, 2.05) is 6.07 Å². The quantitative estimate of drug-likeness (QED) is 0.577. The molecule has 5 rings (SSSR count). The molecule has 2 aromatic rings. The van der Waals surface area contributed by atoms with E-state index in [0.717, 1.165) is 5.56 Å². The summed E-state index contributed by atoms with van der Waals surface area (Å²) in [5.74, 6) is 0.711. The summed E-state index contributed by atoms with van der Waals surface area (Å²) in [4.78, 5) is 25.4. The molecule has 0 bridgehead atoms. The number of ketones is 1. The molecule has 0 radical (unpaired) electrons. The zero-order valence-corrected chi connectivity index (χ0v) is 16.9. The Hall–Kier alpha value is -4.32. The lowest BCUT2D eigenvalue weighted by atomic mass is 9.75. The molecule has 2 aliphatic heterocycles. The van der Waals surface area contributed by atoms with Crippen LogP contribution < -0.4 is 20.1 Å². The predicted molar refractivity (Wildman–Crippen MR) is 114 cm³/mol. The van der Waals surface area contributed by atoms with Crippen LogP contribution in [0.2, 0.25) is 0 Å². The summed E-state index contributed by atoms with van der Waals surface area (Å²) < 4.78 is 10.9. The molecule has 160 valence electrons. The Morgan fingerprint density at radius 2 is 1.88 bits per heavy atom. The molecule has 0 spiro atoms. The van der Waals surface area contributed by atoms with Crippen molar-refractivity contribution < 1.29 is 19.2 Å². The highest BCUT2D eigenvalue weighted by atomic mass is 16.7. The molecule has 0 unspecified atom stereocenters. The number of carbonyl (C=O) groups excluding carboxylic acids is 1. The molecule has 2 heterocycles. The van der Waals surface area contributed by atoms with Crippen molar-refractivity contribution in [2.24, 2.45) is 5.73 Å². The van der Waals surface area contributed by atoms with Crippen molar-refractivity contribution in [3.8, 4) is 17.6 Å². The Bertz CT molecular complexity index is 1260. The third kappa shape index (κ3) is 2.96. The van der Waals surface area contributed by atoms with Gasteiger partial charge < -0.3 is 15.2 Å². The van der Waals surface area contributed by atoms with Gasteiger partial charge in [0.2, 0.25) is 6.79 Å². The first-order valence-corrected chi connectivity index (χ1v) is 10.1. The van der Waals surface area contributed by atoms with Crippen LogP contribution in [0, 0.1) is 21.4 Å². The van der Waals surface area contributed by atoms with E-state index in [0.29, 0.717) is 47.7 Å². The number of benzene rings is 2. The highest BCUT2D eigenvalue weighted by molar-refractivity contribution is 6.01. The topological polar surface area (TPSA) is 132 Å². The average Bonchev–Trinajstić information content (AvgIpc) is 3.26.